The molecular weight excluding hydrogens is 444 g/mol. The number of aryl methyl sites for hydroxylation is 1. The van der Waals surface area contributed by atoms with Crippen molar-refractivity contribution in [2.45, 2.75) is 45.1 Å². The number of likely N-dealkylation sites (tertiary alicyclic amines) is 1. The van der Waals surface area contributed by atoms with Crippen molar-refractivity contribution < 1.29 is 9.53 Å². The quantitative estimate of drug-likeness (QED) is 0.468. The summed E-state index contributed by atoms with van der Waals surface area (Å²) < 4.78 is 9.20. The molecule has 5 heterocycles. The molecule has 1 aliphatic rings. The molecule has 182 valence electrons. The lowest BCUT2D eigenvalue weighted by Gasteiger charge is -2.34. The van der Waals surface area contributed by atoms with E-state index in [1.54, 1.807) is 26.5 Å². The molecule has 0 radical (unpaired) electrons. The summed E-state index contributed by atoms with van der Waals surface area (Å²) in [4.78, 5) is 23.7. The number of amides is 1. The number of aromatic nitrogens is 6. The Morgan fingerprint density at radius 1 is 1.17 bits per heavy atom. The maximum absolute atomic E-state index is 12.8. The molecule has 0 aromatic carbocycles. The Labute approximate surface area is 203 Å². The van der Waals surface area contributed by atoms with E-state index in [-0.39, 0.29) is 12.0 Å². The number of hydrogen-bond donors (Lipinski definition) is 1. The molecular formula is C25H30N8O2. The molecule has 0 bridgehead atoms. The molecule has 1 amide bonds. The van der Waals surface area contributed by atoms with Crippen molar-refractivity contribution in [1.82, 2.24) is 34.3 Å². The Morgan fingerprint density at radius 2 is 1.97 bits per heavy atom. The molecule has 10 nitrogen and oxygen atoms in total. The molecule has 4 aromatic rings. The fourth-order valence-electron chi connectivity index (χ4n) is 4.34. The van der Waals surface area contributed by atoms with Crippen LogP contribution < -0.4 is 5.32 Å². The van der Waals surface area contributed by atoms with Gasteiger partial charge in [-0.1, -0.05) is 0 Å². The minimum absolute atomic E-state index is 0.0795. The first-order valence-corrected chi connectivity index (χ1v) is 11.8. The number of piperidine rings is 1. The third-order valence-corrected chi connectivity index (χ3v) is 5.95. The summed E-state index contributed by atoms with van der Waals surface area (Å²) in [7, 11) is 1.89. The smallest absolute Gasteiger partial charge is 0.410 e. The van der Waals surface area contributed by atoms with Gasteiger partial charge in [0.1, 0.15) is 11.4 Å². The lowest BCUT2D eigenvalue weighted by Crippen LogP contribution is -2.42. The van der Waals surface area contributed by atoms with Gasteiger partial charge in [-0.3, -0.25) is 9.67 Å². The Kier molecular flexibility index (Phi) is 5.88. The van der Waals surface area contributed by atoms with Crippen LogP contribution in [0, 0.1) is 0 Å². The number of carbonyl (C=O) groups excluding carboxylic acids is 1. The Bertz CT molecular complexity index is 1340. The first kappa shape index (κ1) is 22.8. The van der Waals surface area contributed by atoms with Crippen molar-refractivity contribution >= 4 is 23.2 Å². The molecule has 0 saturated carbocycles. The molecule has 4 aromatic heterocycles. The summed E-state index contributed by atoms with van der Waals surface area (Å²) in [6, 6.07) is 5.83. The number of anilines is 2. The molecule has 1 unspecified atom stereocenters. The third-order valence-electron chi connectivity index (χ3n) is 5.95. The maximum atomic E-state index is 12.8. The van der Waals surface area contributed by atoms with Gasteiger partial charge in [0.05, 0.1) is 18.1 Å². The molecule has 1 saturated heterocycles. The van der Waals surface area contributed by atoms with Gasteiger partial charge >= 0.3 is 6.09 Å². The molecule has 10 heteroatoms. The number of rotatable bonds is 4. The zero-order valence-electron chi connectivity index (χ0n) is 20.5. The molecule has 1 N–H and O–H groups in total. The second-order valence-electron chi connectivity index (χ2n) is 9.89. The van der Waals surface area contributed by atoms with Gasteiger partial charge in [0.15, 0.2) is 5.65 Å². The van der Waals surface area contributed by atoms with E-state index in [0.29, 0.717) is 13.1 Å². The fourth-order valence-corrected chi connectivity index (χ4v) is 4.34. The summed E-state index contributed by atoms with van der Waals surface area (Å²) in [6.07, 6.45) is 10.6. The minimum Gasteiger partial charge on any atom is -0.444 e. The normalized spacial score (nSPS) is 16.5. The van der Waals surface area contributed by atoms with Gasteiger partial charge in [0.2, 0.25) is 0 Å². The summed E-state index contributed by atoms with van der Waals surface area (Å²) in [5.41, 5.74) is 3.86. The van der Waals surface area contributed by atoms with Gasteiger partial charge in [-0.2, -0.15) is 14.7 Å². The monoisotopic (exact) mass is 474 g/mol. The molecule has 0 spiro atoms. The van der Waals surface area contributed by atoms with Gasteiger partial charge in [-0.15, -0.1) is 0 Å². The second kappa shape index (κ2) is 9.01. The van der Waals surface area contributed by atoms with E-state index in [1.165, 1.54) is 0 Å². The van der Waals surface area contributed by atoms with Gasteiger partial charge in [0, 0.05) is 67.5 Å². The number of pyridine rings is 1. The predicted octanol–water partition coefficient (Wildman–Crippen LogP) is 4.38. The fraction of sp³-hybridized carbons (Fsp3) is 0.400. The van der Waals surface area contributed by atoms with Gasteiger partial charge in [-0.05, 0) is 45.7 Å². The third kappa shape index (κ3) is 4.96. The first-order chi connectivity index (χ1) is 16.8. The highest BCUT2D eigenvalue weighted by molar-refractivity contribution is 5.78. The zero-order chi connectivity index (χ0) is 24.6. The lowest BCUT2D eigenvalue weighted by molar-refractivity contribution is 0.0197. The Balaban J connectivity index is 1.53. The minimum atomic E-state index is -0.529. The SMILES string of the molecule is Cn1cc(-c2cnn3c(Nc4ccncc4)cc(C4CCCN(C(=O)OC(C)(C)C)C4)nc23)cn1. The molecule has 1 fully saturated rings. The van der Waals surface area contributed by atoms with Crippen molar-refractivity contribution in [1.29, 1.82) is 0 Å². The van der Waals surface area contributed by atoms with Crippen LogP contribution >= 0.6 is 0 Å². The highest BCUT2D eigenvalue weighted by atomic mass is 16.6. The van der Waals surface area contributed by atoms with E-state index in [4.69, 9.17) is 9.72 Å². The van der Waals surface area contributed by atoms with E-state index >= 15 is 0 Å². The highest BCUT2D eigenvalue weighted by Crippen LogP contribution is 2.32. The van der Waals surface area contributed by atoms with Crippen LogP contribution in [0.5, 0.6) is 0 Å². The van der Waals surface area contributed by atoms with E-state index in [9.17, 15) is 4.79 Å². The summed E-state index contributed by atoms with van der Waals surface area (Å²) >= 11 is 0. The maximum Gasteiger partial charge on any atom is 0.410 e. The molecule has 1 aliphatic heterocycles. The van der Waals surface area contributed by atoms with Crippen LogP contribution in [-0.2, 0) is 11.8 Å². The second-order valence-corrected chi connectivity index (χ2v) is 9.89. The van der Waals surface area contributed by atoms with E-state index in [0.717, 1.165) is 46.8 Å². The number of nitrogens with one attached hydrogen (secondary N) is 1. The summed E-state index contributed by atoms with van der Waals surface area (Å²) in [5, 5.41) is 12.4. The van der Waals surface area contributed by atoms with Crippen LogP contribution in [0.4, 0.5) is 16.3 Å². The predicted molar refractivity (Wildman–Crippen MR) is 132 cm³/mol. The zero-order valence-corrected chi connectivity index (χ0v) is 20.5. The average Bonchev–Trinajstić information content (AvgIpc) is 3.45. The largest absolute Gasteiger partial charge is 0.444 e. The topological polar surface area (TPSA) is 102 Å². The van der Waals surface area contributed by atoms with Crippen molar-refractivity contribution in [3.8, 4) is 11.1 Å². The van der Waals surface area contributed by atoms with Gasteiger partial charge in [0.25, 0.3) is 0 Å². The number of hydrogen-bond acceptors (Lipinski definition) is 7. The van der Waals surface area contributed by atoms with Gasteiger partial charge < -0.3 is 15.0 Å². The van der Waals surface area contributed by atoms with Crippen molar-refractivity contribution in [3.05, 3.63) is 54.9 Å². The van der Waals surface area contributed by atoms with Crippen molar-refractivity contribution in [3.63, 3.8) is 0 Å². The molecule has 35 heavy (non-hydrogen) atoms. The number of nitrogens with zero attached hydrogens (tertiary/aromatic N) is 7. The lowest BCUT2D eigenvalue weighted by atomic mass is 9.94. The highest BCUT2D eigenvalue weighted by Gasteiger charge is 2.30. The van der Waals surface area contributed by atoms with Crippen LogP contribution in [0.2, 0.25) is 0 Å². The van der Waals surface area contributed by atoms with Crippen LogP contribution in [-0.4, -0.2) is 59.0 Å². The standard InChI is InChI=1S/C25H30N8O2/c1-25(2,3)35-24(34)32-11-5-6-17(16-32)21-12-22(29-19-7-9-26-10-8-19)33-23(30-21)20(14-28-33)18-13-27-31(4)15-18/h7-10,12-15,17H,5-6,11,16H2,1-4H3,(H,26,29). The van der Waals surface area contributed by atoms with Crippen molar-refractivity contribution in [2.75, 3.05) is 18.4 Å². The van der Waals surface area contributed by atoms with Crippen LogP contribution in [0.15, 0.2) is 49.2 Å². The number of carbonyl (C=O) groups is 1. The van der Waals surface area contributed by atoms with E-state index < -0.39 is 5.60 Å². The average molecular weight is 475 g/mol. The van der Waals surface area contributed by atoms with E-state index in [1.807, 2.05) is 64.6 Å². The Hall–Kier alpha value is -3.95. The van der Waals surface area contributed by atoms with E-state index in [2.05, 4.69) is 20.5 Å². The number of ether oxygens (including phenoxy) is 1. The van der Waals surface area contributed by atoms with Crippen LogP contribution in [0.25, 0.3) is 16.8 Å². The molecule has 5 rings (SSSR count). The van der Waals surface area contributed by atoms with Crippen LogP contribution in [0.3, 0.4) is 0 Å². The molecule has 1 atom stereocenters. The Morgan fingerprint density at radius 3 is 2.69 bits per heavy atom. The summed E-state index contributed by atoms with van der Waals surface area (Å²) in [5.74, 6) is 0.872. The van der Waals surface area contributed by atoms with Gasteiger partial charge in [-0.25, -0.2) is 9.78 Å². The molecule has 0 aliphatic carbocycles. The number of fused-ring (bicyclic) bond motifs is 1. The summed E-state index contributed by atoms with van der Waals surface area (Å²) in [6.45, 7) is 6.90. The van der Waals surface area contributed by atoms with Crippen LogP contribution in [0.1, 0.15) is 45.2 Å². The van der Waals surface area contributed by atoms with Crippen molar-refractivity contribution in [2.24, 2.45) is 7.05 Å². The first-order valence-electron chi connectivity index (χ1n) is 11.8.